The Hall–Kier alpha value is -2.97. The highest BCUT2D eigenvalue weighted by Gasteiger charge is 2.32. The molecule has 3 heterocycles. The lowest BCUT2D eigenvalue weighted by atomic mass is 9.99. The molecule has 3 rings (SSSR count). The lowest BCUT2D eigenvalue weighted by Gasteiger charge is -2.25. The maximum absolute atomic E-state index is 11.6. The van der Waals surface area contributed by atoms with Gasteiger partial charge < -0.3 is 15.0 Å². The Kier molecular flexibility index (Phi) is 4.39. The number of anilines is 1. The number of nitrogens with one attached hydrogen (secondary N) is 1. The average Bonchev–Trinajstić information content (AvgIpc) is 3.15. The Labute approximate surface area is 151 Å². The van der Waals surface area contributed by atoms with Crippen molar-refractivity contribution in [3.63, 3.8) is 0 Å². The molecule has 0 bridgehead atoms. The molecule has 9 nitrogen and oxygen atoms in total. The Morgan fingerprint density at radius 2 is 2.08 bits per heavy atom. The quantitative estimate of drug-likeness (QED) is 0.696. The molecule has 0 fully saturated rings. The minimum Gasteiger partial charge on any atom is -0.480 e. The van der Waals surface area contributed by atoms with Gasteiger partial charge in [-0.2, -0.15) is 5.10 Å². The van der Waals surface area contributed by atoms with Crippen LogP contribution in [0, 0.1) is 6.92 Å². The van der Waals surface area contributed by atoms with Crippen LogP contribution >= 0.6 is 0 Å². The van der Waals surface area contributed by atoms with E-state index in [9.17, 15) is 9.90 Å². The number of hydrogen-bond donors (Lipinski definition) is 2. The summed E-state index contributed by atoms with van der Waals surface area (Å²) in [5, 5.41) is 16.9. The van der Waals surface area contributed by atoms with Gasteiger partial charge in [0.2, 0.25) is 0 Å². The number of hydrogen-bond acceptors (Lipinski definition) is 6. The zero-order chi connectivity index (χ0) is 19.1. The molecule has 0 spiro atoms. The van der Waals surface area contributed by atoms with Gasteiger partial charge >= 0.3 is 5.97 Å². The van der Waals surface area contributed by atoms with E-state index in [4.69, 9.17) is 4.98 Å². The number of aromatic nitrogens is 6. The summed E-state index contributed by atoms with van der Waals surface area (Å²) < 4.78 is 3.77. The van der Waals surface area contributed by atoms with Crippen molar-refractivity contribution in [3.8, 4) is 11.4 Å². The van der Waals surface area contributed by atoms with Gasteiger partial charge in [-0.3, -0.25) is 4.68 Å². The van der Waals surface area contributed by atoms with Crippen LogP contribution in [0.1, 0.15) is 32.9 Å². The van der Waals surface area contributed by atoms with Crippen molar-refractivity contribution in [2.24, 2.45) is 7.05 Å². The first kappa shape index (κ1) is 17.8. The highest BCUT2D eigenvalue weighted by atomic mass is 16.4. The van der Waals surface area contributed by atoms with Gasteiger partial charge in [0.05, 0.1) is 11.8 Å². The molecular formula is C17H23N7O2. The van der Waals surface area contributed by atoms with Gasteiger partial charge in [0.25, 0.3) is 0 Å². The molecule has 1 atom stereocenters. The first-order valence-electron chi connectivity index (χ1n) is 8.54. The minimum atomic E-state index is -1.14. The van der Waals surface area contributed by atoms with Crippen molar-refractivity contribution in [3.05, 3.63) is 18.2 Å². The van der Waals surface area contributed by atoms with Crippen LogP contribution in [0.4, 0.5) is 5.82 Å². The second-order valence-electron chi connectivity index (χ2n) is 6.46. The number of fused-ring (bicyclic) bond motifs is 1. The lowest BCUT2D eigenvalue weighted by Crippen LogP contribution is -2.43. The molecule has 138 valence electrons. The Balaban J connectivity index is 2.14. The van der Waals surface area contributed by atoms with Gasteiger partial charge in [0.15, 0.2) is 17.0 Å². The monoisotopic (exact) mass is 357 g/mol. The Bertz CT molecular complexity index is 975. The first-order chi connectivity index (χ1) is 12.3. The van der Waals surface area contributed by atoms with Crippen LogP contribution in [-0.4, -0.2) is 45.9 Å². The van der Waals surface area contributed by atoms with Gasteiger partial charge in [-0.1, -0.05) is 6.92 Å². The molecule has 0 saturated heterocycles. The van der Waals surface area contributed by atoms with E-state index < -0.39 is 11.5 Å². The third-order valence-electron chi connectivity index (χ3n) is 4.87. The summed E-state index contributed by atoms with van der Waals surface area (Å²) in [5.74, 6) is 0.182. The van der Waals surface area contributed by atoms with Crippen LogP contribution in [0.15, 0.2) is 12.5 Å². The van der Waals surface area contributed by atoms with E-state index in [0.717, 1.165) is 17.8 Å². The SMILES string of the molecule is CCn1ncc(-c2nc3c(NC(C)(CC)C(=O)O)ncnc3n2C)c1C. The van der Waals surface area contributed by atoms with Crippen LogP contribution in [0.25, 0.3) is 22.6 Å². The van der Waals surface area contributed by atoms with Gasteiger partial charge in [-0.05, 0) is 27.2 Å². The predicted octanol–water partition coefficient (Wildman–Crippen LogP) is 2.22. The number of aryl methyl sites for hydroxylation is 2. The number of imidazole rings is 1. The van der Waals surface area contributed by atoms with E-state index in [-0.39, 0.29) is 0 Å². The van der Waals surface area contributed by atoms with E-state index in [1.54, 1.807) is 13.1 Å². The summed E-state index contributed by atoms with van der Waals surface area (Å²) in [6.07, 6.45) is 3.60. The molecule has 0 aliphatic carbocycles. The normalized spacial score (nSPS) is 13.7. The molecule has 0 aromatic carbocycles. The van der Waals surface area contributed by atoms with E-state index in [1.165, 1.54) is 6.33 Å². The standard InChI is InChI=1S/C17H23N7O2/c1-6-17(4,16(25)26)22-13-12-15(19-9-18-13)23(5)14(21-12)11-8-20-24(7-2)10(11)3/h8-9H,6-7H2,1-5H3,(H,25,26)(H,18,19,22). The maximum Gasteiger partial charge on any atom is 0.329 e. The van der Waals surface area contributed by atoms with E-state index >= 15 is 0 Å². The number of aliphatic carboxylic acids is 1. The number of carbonyl (C=O) groups is 1. The van der Waals surface area contributed by atoms with Crippen molar-refractivity contribution in [2.45, 2.75) is 46.2 Å². The molecule has 9 heteroatoms. The van der Waals surface area contributed by atoms with Crippen LogP contribution < -0.4 is 5.32 Å². The molecule has 0 amide bonds. The lowest BCUT2D eigenvalue weighted by molar-refractivity contribution is -0.141. The molecule has 3 aromatic rings. The molecule has 2 N–H and O–H groups in total. The molecular weight excluding hydrogens is 334 g/mol. The molecule has 0 radical (unpaired) electrons. The van der Waals surface area contributed by atoms with Gasteiger partial charge in [-0.15, -0.1) is 0 Å². The van der Waals surface area contributed by atoms with Gasteiger partial charge in [-0.25, -0.2) is 19.7 Å². The van der Waals surface area contributed by atoms with E-state index in [0.29, 0.717) is 29.2 Å². The Morgan fingerprint density at radius 3 is 2.65 bits per heavy atom. The third kappa shape index (κ3) is 2.69. The summed E-state index contributed by atoms with van der Waals surface area (Å²) in [6, 6.07) is 0. The zero-order valence-electron chi connectivity index (χ0n) is 15.6. The van der Waals surface area contributed by atoms with Crippen LogP contribution in [0.3, 0.4) is 0 Å². The average molecular weight is 357 g/mol. The molecule has 0 aliphatic rings. The van der Waals surface area contributed by atoms with Crippen molar-refractivity contribution < 1.29 is 9.90 Å². The number of rotatable bonds is 6. The number of nitrogens with zero attached hydrogens (tertiary/aromatic N) is 6. The molecule has 0 saturated carbocycles. The fraction of sp³-hybridized carbons (Fsp3) is 0.471. The molecule has 26 heavy (non-hydrogen) atoms. The first-order valence-corrected chi connectivity index (χ1v) is 8.54. The largest absolute Gasteiger partial charge is 0.480 e. The summed E-state index contributed by atoms with van der Waals surface area (Å²) in [6.45, 7) is 8.24. The predicted molar refractivity (Wildman–Crippen MR) is 97.9 cm³/mol. The smallest absolute Gasteiger partial charge is 0.329 e. The second kappa shape index (κ2) is 6.40. The highest BCUT2D eigenvalue weighted by Crippen LogP contribution is 2.29. The number of carboxylic acid groups (broad SMARTS) is 1. The minimum absolute atomic E-state index is 0.399. The summed E-state index contributed by atoms with van der Waals surface area (Å²) >= 11 is 0. The van der Waals surface area contributed by atoms with Crippen molar-refractivity contribution in [1.29, 1.82) is 0 Å². The van der Waals surface area contributed by atoms with Gasteiger partial charge in [0.1, 0.15) is 17.7 Å². The maximum atomic E-state index is 11.6. The Morgan fingerprint density at radius 1 is 1.35 bits per heavy atom. The second-order valence-corrected chi connectivity index (χ2v) is 6.46. The fourth-order valence-corrected chi connectivity index (χ4v) is 2.87. The highest BCUT2D eigenvalue weighted by molar-refractivity contribution is 5.90. The van der Waals surface area contributed by atoms with Crippen molar-refractivity contribution in [2.75, 3.05) is 5.32 Å². The van der Waals surface area contributed by atoms with Crippen molar-refractivity contribution >= 4 is 23.0 Å². The van der Waals surface area contributed by atoms with E-state index in [1.807, 2.05) is 37.1 Å². The van der Waals surface area contributed by atoms with Crippen LogP contribution in [0.5, 0.6) is 0 Å². The van der Waals surface area contributed by atoms with Gasteiger partial charge in [0, 0.05) is 19.3 Å². The van der Waals surface area contributed by atoms with Crippen molar-refractivity contribution in [1.82, 2.24) is 29.3 Å². The molecule has 0 aliphatic heterocycles. The zero-order valence-corrected chi connectivity index (χ0v) is 15.6. The number of carboxylic acids is 1. The van der Waals surface area contributed by atoms with Crippen LogP contribution in [0.2, 0.25) is 0 Å². The molecule has 1 unspecified atom stereocenters. The van der Waals surface area contributed by atoms with Crippen LogP contribution in [-0.2, 0) is 18.4 Å². The summed E-state index contributed by atoms with van der Waals surface area (Å²) in [5.41, 5.74) is 1.95. The third-order valence-corrected chi connectivity index (χ3v) is 4.87. The topological polar surface area (TPSA) is 111 Å². The summed E-state index contributed by atoms with van der Waals surface area (Å²) in [4.78, 5) is 24.9. The van der Waals surface area contributed by atoms with E-state index in [2.05, 4.69) is 20.4 Å². The summed E-state index contributed by atoms with van der Waals surface area (Å²) in [7, 11) is 1.88. The molecule has 3 aromatic heterocycles. The fourth-order valence-electron chi connectivity index (χ4n) is 2.87.